The molecule has 4 heteroatoms. The van der Waals surface area contributed by atoms with Gasteiger partial charge in [0.15, 0.2) is 0 Å². The minimum absolute atomic E-state index is 0. The van der Waals surface area contributed by atoms with Crippen LogP contribution in [0.4, 0.5) is 5.69 Å². The molecule has 1 rings (SSSR count). The summed E-state index contributed by atoms with van der Waals surface area (Å²) in [7, 11) is 0. The van der Waals surface area contributed by atoms with Crippen molar-refractivity contribution in [2.45, 2.75) is 6.92 Å². The molecule has 0 saturated carbocycles. The van der Waals surface area contributed by atoms with E-state index in [4.69, 9.17) is 5.73 Å². The van der Waals surface area contributed by atoms with Crippen LogP contribution < -0.4 is 11.3 Å². The summed E-state index contributed by atoms with van der Waals surface area (Å²) in [4.78, 5) is 13.2. The fourth-order valence-electron chi connectivity index (χ4n) is 0.583. The lowest BCUT2D eigenvalue weighted by Gasteiger charge is -1.91. The van der Waals surface area contributed by atoms with Crippen molar-refractivity contribution in [3.63, 3.8) is 0 Å². The zero-order valence-corrected chi connectivity index (χ0v) is 6.37. The van der Waals surface area contributed by atoms with Crippen LogP contribution in [0.1, 0.15) is 5.69 Å². The fourth-order valence-corrected chi connectivity index (χ4v) is 0.583. The minimum atomic E-state index is -0.213. The van der Waals surface area contributed by atoms with Crippen LogP contribution in [0.25, 0.3) is 0 Å². The summed E-state index contributed by atoms with van der Waals surface area (Å²) < 4.78 is 0. The summed E-state index contributed by atoms with van der Waals surface area (Å²) >= 11 is 0. The van der Waals surface area contributed by atoms with E-state index >= 15 is 0 Å². The highest BCUT2D eigenvalue weighted by atomic mass is 35.5. The van der Waals surface area contributed by atoms with Crippen molar-refractivity contribution in [1.29, 1.82) is 0 Å². The van der Waals surface area contributed by atoms with E-state index in [1.807, 2.05) is 0 Å². The number of halogens is 1. The van der Waals surface area contributed by atoms with Gasteiger partial charge < -0.3 is 10.7 Å². The van der Waals surface area contributed by atoms with E-state index in [-0.39, 0.29) is 23.7 Å². The number of nitrogens with two attached hydrogens (primary N) is 1. The van der Waals surface area contributed by atoms with Gasteiger partial charge in [0, 0.05) is 5.69 Å². The van der Waals surface area contributed by atoms with Gasteiger partial charge in [-0.1, -0.05) is 0 Å². The summed E-state index contributed by atoms with van der Waals surface area (Å²) in [6.45, 7) is 1.81. The zero-order chi connectivity index (χ0) is 6.85. The summed E-state index contributed by atoms with van der Waals surface area (Å²) in [5.74, 6) is 0. The van der Waals surface area contributed by atoms with Gasteiger partial charge in [0.25, 0.3) is 5.56 Å². The molecule has 0 bridgehead atoms. The average molecular weight is 161 g/mol. The first-order chi connectivity index (χ1) is 4.20. The summed E-state index contributed by atoms with van der Waals surface area (Å²) in [5, 5.41) is 0. The Balaban J connectivity index is 0.000000810. The molecule has 0 saturated heterocycles. The molecule has 56 valence electrons. The third kappa shape index (κ3) is 1.77. The number of H-pyrrole nitrogens is 1. The monoisotopic (exact) mass is 160 g/mol. The molecule has 0 spiro atoms. The summed E-state index contributed by atoms with van der Waals surface area (Å²) in [6.07, 6.45) is 0. The van der Waals surface area contributed by atoms with Gasteiger partial charge in [-0.2, -0.15) is 0 Å². The highest BCUT2D eigenvalue weighted by Gasteiger charge is 1.89. The topological polar surface area (TPSA) is 58.9 Å². The minimum Gasteiger partial charge on any atom is -0.394 e. The van der Waals surface area contributed by atoms with E-state index in [2.05, 4.69) is 4.98 Å². The van der Waals surface area contributed by atoms with E-state index in [9.17, 15) is 4.79 Å². The molecule has 0 radical (unpaired) electrons. The molecule has 0 amide bonds. The third-order valence-corrected chi connectivity index (χ3v) is 1.09. The molecule has 0 atom stereocenters. The van der Waals surface area contributed by atoms with Crippen molar-refractivity contribution in [2.75, 3.05) is 5.73 Å². The molecule has 3 nitrogen and oxygen atoms in total. The van der Waals surface area contributed by atoms with E-state index < -0.39 is 0 Å². The van der Waals surface area contributed by atoms with E-state index in [0.717, 1.165) is 5.69 Å². The van der Waals surface area contributed by atoms with E-state index in [0.29, 0.717) is 0 Å². The second kappa shape index (κ2) is 3.27. The second-order valence-corrected chi connectivity index (χ2v) is 1.93. The highest BCUT2D eigenvalue weighted by Crippen LogP contribution is 1.91. The maximum Gasteiger partial charge on any atom is 0.271 e. The molecule has 0 aliphatic rings. The molecule has 0 aliphatic heterocycles. The lowest BCUT2D eigenvalue weighted by atomic mass is 10.3. The standard InChI is InChI=1S/C6H8N2O.ClH/c1-4-2-3-5(7)6(9)8-4;/h2-3H,7H2,1H3,(H,8,9);1H. The van der Waals surface area contributed by atoms with Gasteiger partial charge >= 0.3 is 0 Å². The van der Waals surface area contributed by atoms with Crippen LogP contribution in [-0.4, -0.2) is 4.98 Å². The first kappa shape index (κ1) is 9.04. The molecule has 1 aromatic heterocycles. The Labute approximate surface area is 64.7 Å². The number of nitrogens with one attached hydrogen (secondary N) is 1. The van der Waals surface area contributed by atoms with Gasteiger partial charge in [-0.3, -0.25) is 4.79 Å². The van der Waals surface area contributed by atoms with Crippen LogP contribution in [-0.2, 0) is 0 Å². The molecule has 0 fully saturated rings. The van der Waals surface area contributed by atoms with Crippen LogP contribution in [0.15, 0.2) is 16.9 Å². The molecule has 0 aromatic carbocycles. The summed E-state index contributed by atoms with van der Waals surface area (Å²) in [6, 6.07) is 3.35. The number of nitrogen functional groups attached to an aromatic ring is 1. The van der Waals surface area contributed by atoms with Crippen LogP contribution >= 0.6 is 12.4 Å². The average Bonchev–Trinajstić information content (AvgIpc) is 1.80. The number of hydrogen-bond donors (Lipinski definition) is 2. The molecule has 10 heavy (non-hydrogen) atoms. The Bertz CT molecular complexity index is 269. The molecule has 1 heterocycles. The van der Waals surface area contributed by atoms with Crippen molar-refractivity contribution in [3.8, 4) is 0 Å². The number of aromatic nitrogens is 1. The number of aryl methyl sites for hydroxylation is 1. The Kier molecular flexibility index (Phi) is 2.96. The van der Waals surface area contributed by atoms with Crippen LogP contribution in [0.5, 0.6) is 0 Å². The Hall–Kier alpha value is -0.960. The van der Waals surface area contributed by atoms with Crippen molar-refractivity contribution in [1.82, 2.24) is 4.98 Å². The van der Waals surface area contributed by atoms with Crippen LogP contribution in [0, 0.1) is 6.92 Å². The quantitative estimate of drug-likeness (QED) is 0.587. The van der Waals surface area contributed by atoms with Crippen molar-refractivity contribution >= 4 is 18.1 Å². The molecular formula is C6H9ClN2O. The second-order valence-electron chi connectivity index (χ2n) is 1.93. The first-order valence-corrected chi connectivity index (χ1v) is 2.65. The Morgan fingerprint density at radius 2 is 2.10 bits per heavy atom. The molecule has 1 aromatic rings. The fraction of sp³-hybridized carbons (Fsp3) is 0.167. The summed E-state index contributed by atoms with van der Waals surface area (Å²) in [5.41, 5.74) is 6.12. The van der Waals surface area contributed by atoms with Crippen molar-refractivity contribution in [3.05, 3.63) is 28.2 Å². The predicted octanol–water partition coefficient (Wildman–Crippen LogP) is 0.687. The van der Waals surface area contributed by atoms with Gasteiger partial charge in [-0.25, -0.2) is 0 Å². The smallest absolute Gasteiger partial charge is 0.271 e. The van der Waals surface area contributed by atoms with Gasteiger partial charge in [0.05, 0.1) is 5.69 Å². The van der Waals surface area contributed by atoms with Crippen molar-refractivity contribution in [2.24, 2.45) is 0 Å². The predicted molar refractivity (Wildman–Crippen MR) is 43.5 cm³/mol. The number of pyridine rings is 1. The van der Waals surface area contributed by atoms with Crippen LogP contribution in [0.2, 0.25) is 0 Å². The zero-order valence-electron chi connectivity index (χ0n) is 5.55. The molecule has 0 unspecified atom stereocenters. The molecule has 0 aliphatic carbocycles. The SMILES string of the molecule is Cc1ccc(N)c(=O)[nH]1.Cl. The maximum atomic E-state index is 10.7. The van der Waals surface area contributed by atoms with Crippen LogP contribution in [0.3, 0.4) is 0 Å². The van der Waals surface area contributed by atoms with Gasteiger partial charge in [0.2, 0.25) is 0 Å². The number of hydrogen-bond acceptors (Lipinski definition) is 2. The lowest BCUT2D eigenvalue weighted by molar-refractivity contribution is 1.15. The van der Waals surface area contributed by atoms with Gasteiger partial charge in [-0.05, 0) is 19.1 Å². The largest absolute Gasteiger partial charge is 0.394 e. The number of anilines is 1. The maximum absolute atomic E-state index is 10.7. The van der Waals surface area contributed by atoms with Crippen molar-refractivity contribution < 1.29 is 0 Å². The lowest BCUT2D eigenvalue weighted by Crippen LogP contribution is -2.11. The first-order valence-electron chi connectivity index (χ1n) is 2.65. The third-order valence-electron chi connectivity index (χ3n) is 1.09. The number of rotatable bonds is 0. The number of aromatic amines is 1. The van der Waals surface area contributed by atoms with E-state index in [1.165, 1.54) is 0 Å². The molecule has 3 N–H and O–H groups in total. The van der Waals surface area contributed by atoms with Gasteiger partial charge in [0.1, 0.15) is 0 Å². The Morgan fingerprint density at radius 3 is 2.50 bits per heavy atom. The van der Waals surface area contributed by atoms with Gasteiger partial charge in [-0.15, -0.1) is 12.4 Å². The van der Waals surface area contributed by atoms with E-state index in [1.54, 1.807) is 19.1 Å². The normalized spacial score (nSPS) is 8.50. The molecular weight excluding hydrogens is 152 g/mol. The Morgan fingerprint density at radius 1 is 1.50 bits per heavy atom. The highest BCUT2D eigenvalue weighted by molar-refractivity contribution is 5.85.